The molecule has 0 unspecified atom stereocenters. The fourth-order valence-electron chi connectivity index (χ4n) is 3.97. The number of likely N-dealkylation sites (tertiary alicyclic amines) is 1. The van der Waals surface area contributed by atoms with E-state index in [2.05, 4.69) is 34.4 Å². The first-order valence-corrected chi connectivity index (χ1v) is 10.5. The minimum absolute atomic E-state index is 0. The molecule has 0 atom stereocenters. The van der Waals surface area contributed by atoms with Gasteiger partial charge in [0.2, 0.25) is 0 Å². The quantitative estimate of drug-likeness (QED) is 0.192. The molecule has 0 spiro atoms. The summed E-state index contributed by atoms with van der Waals surface area (Å²) < 4.78 is 6.05. The van der Waals surface area contributed by atoms with E-state index in [1.165, 1.54) is 71.0 Å². The van der Waals surface area contributed by atoms with Gasteiger partial charge in [0.1, 0.15) is 0 Å². The van der Waals surface area contributed by atoms with Crippen molar-refractivity contribution >= 4 is 29.9 Å². The SMILES string of the molecule is CN=C(NCCOC1CCCCCC1)NC1CCN(CC(C)C)CC1.I. The molecule has 2 rings (SSSR count). The minimum atomic E-state index is 0. The highest BCUT2D eigenvalue weighted by Crippen LogP contribution is 2.19. The zero-order chi connectivity index (χ0) is 17.9. The van der Waals surface area contributed by atoms with Crippen LogP contribution in [0.15, 0.2) is 4.99 Å². The maximum atomic E-state index is 6.05. The molecule has 0 aromatic carbocycles. The van der Waals surface area contributed by atoms with Gasteiger partial charge < -0.3 is 20.3 Å². The third kappa shape index (κ3) is 9.74. The summed E-state index contributed by atoms with van der Waals surface area (Å²) in [4.78, 5) is 6.96. The van der Waals surface area contributed by atoms with Gasteiger partial charge in [-0.25, -0.2) is 0 Å². The van der Waals surface area contributed by atoms with Crippen LogP contribution in [-0.2, 0) is 4.74 Å². The minimum Gasteiger partial charge on any atom is -0.376 e. The number of rotatable bonds is 7. The highest BCUT2D eigenvalue weighted by Gasteiger charge is 2.20. The zero-order valence-corrected chi connectivity index (χ0v) is 19.5. The van der Waals surface area contributed by atoms with Crippen LogP contribution in [0.25, 0.3) is 0 Å². The summed E-state index contributed by atoms with van der Waals surface area (Å²) in [7, 11) is 1.86. The first-order valence-electron chi connectivity index (χ1n) is 10.5. The highest BCUT2D eigenvalue weighted by molar-refractivity contribution is 14.0. The summed E-state index contributed by atoms with van der Waals surface area (Å²) in [6.07, 6.45) is 10.8. The Labute approximate surface area is 178 Å². The molecule has 1 aliphatic carbocycles. The van der Waals surface area contributed by atoms with E-state index < -0.39 is 0 Å². The van der Waals surface area contributed by atoms with Crippen molar-refractivity contribution in [1.82, 2.24) is 15.5 Å². The van der Waals surface area contributed by atoms with Crippen LogP contribution in [0.3, 0.4) is 0 Å². The molecule has 26 heavy (non-hydrogen) atoms. The van der Waals surface area contributed by atoms with Crippen LogP contribution in [0, 0.1) is 5.92 Å². The van der Waals surface area contributed by atoms with Crippen LogP contribution in [0.1, 0.15) is 65.2 Å². The molecule has 2 aliphatic rings. The molecule has 154 valence electrons. The number of ether oxygens (including phenoxy) is 1. The van der Waals surface area contributed by atoms with Gasteiger partial charge in [-0.3, -0.25) is 4.99 Å². The number of nitrogens with one attached hydrogen (secondary N) is 2. The normalized spacial score (nSPS) is 21.3. The van der Waals surface area contributed by atoms with Crippen molar-refractivity contribution < 1.29 is 4.74 Å². The van der Waals surface area contributed by atoms with Crippen LogP contribution in [-0.4, -0.2) is 62.8 Å². The van der Waals surface area contributed by atoms with E-state index in [1.807, 2.05) is 7.05 Å². The van der Waals surface area contributed by atoms with Crippen molar-refractivity contribution in [3.8, 4) is 0 Å². The lowest BCUT2D eigenvalue weighted by Crippen LogP contribution is -2.49. The Hall–Kier alpha value is -0.0800. The van der Waals surface area contributed by atoms with E-state index in [9.17, 15) is 0 Å². The van der Waals surface area contributed by atoms with E-state index >= 15 is 0 Å². The maximum absolute atomic E-state index is 6.05. The lowest BCUT2D eigenvalue weighted by molar-refractivity contribution is 0.0467. The Balaban J connectivity index is 0.00000338. The molecular formula is C20H41IN4O. The predicted molar refractivity (Wildman–Crippen MR) is 122 cm³/mol. The highest BCUT2D eigenvalue weighted by atomic mass is 127. The van der Waals surface area contributed by atoms with Gasteiger partial charge in [-0.05, 0) is 31.6 Å². The molecule has 0 aromatic heterocycles. The predicted octanol–water partition coefficient (Wildman–Crippen LogP) is 3.63. The summed E-state index contributed by atoms with van der Waals surface area (Å²) in [5.74, 6) is 1.68. The average molecular weight is 480 g/mol. The molecule has 1 aliphatic heterocycles. The molecule has 0 aromatic rings. The van der Waals surface area contributed by atoms with Gasteiger partial charge in [0.05, 0.1) is 12.7 Å². The summed E-state index contributed by atoms with van der Waals surface area (Å²) in [6, 6.07) is 0.539. The van der Waals surface area contributed by atoms with Crippen molar-refractivity contribution in [3.05, 3.63) is 0 Å². The first kappa shape index (κ1) is 24.0. The number of guanidine groups is 1. The van der Waals surface area contributed by atoms with Gasteiger partial charge in [0, 0.05) is 39.3 Å². The average Bonchev–Trinajstić information content (AvgIpc) is 2.87. The van der Waals surface area contributed by atoms with Crippen molar-refractivity contribution in [2.45, 2.75) is 77.4 Å². The second kappa shape index (κ2) is 14.0. The summed E-state index contributed by atoms with van der Waals surface area (Å²) in [6.45, 7) is 9.81. The smallest absolute Gasteiger partial charge is 0.191 e. The standard InChI is InChI=1S/C20H40N4O.HI/c1-17(2)16-24-13-10-18(11-14-24)23-20(21-3)22-12-15-25-19-8-6-4-5-7-9-19;/h17-19H,4-16H2,1-3H3,(H2,21,22,23);1H. The van der Waals surface area contributed by atoms with Gasteiger partial charge >= 0.3 is 0 Å². The molecule has 1 saturated heterocycles. The maximum Gasteiger partial charge on any atom is 0.191 e. The Morgan fingerprint density at radius 3 is 2.31 bits per heavy atom. The zero-order valence-electron chi connectivity index (χ0n) is 17.1. The second-order valence-corrected chi connectivity index (χ2v) is 8.10. The molecular weight excluding hydrogens is 439 g/mol. The molecule has 1 heterocycles. The van der Waals surface area contributed by atoms with E-state index in [0.717, 1.165) is 25.0 Å². The third-order valence-electron chi connectivity index (χ3n) is 5.33. The number of hydrogen-bond acceptors (Lipinski definition) is 3. The molecule has 2 fully saturated rings. The van der Waals surface area contributed by atoms with Crippen LogP contribution in [0.4, 0.5) is 0 Å². The largest absolute Gasteiger partial charge is 0.376 e. The number of hydrogen-bond donors (Lipinski definition) is 2. The van der Waals surface area contributed by atoms with Crippen molar-refractivity contribution in [1.29, 1.82) is 0 Å². The molecule has 0 amide bonds. The van der Waals surface area contributed by atoms with Crippen molar-refractivity contribution in [3.63, 3.8) is 0 Å². The molecule has 0 bridgehead atoms. The van der Waals surface area contributed by atoms with Crippen LogP contribution in [0.2, 0.25) is 0 Å². The number of halogens is 1. The summed E-state index contributed by atoms with van der Waals surface area (Å²) >= 11 is 0. The molecule has 6 heteroatoms. The van der Waals surface area contributed by atoms with Gasteiger partial charge in [-0.15, -0.1) is 24.0 Å². The van der Waals surface area contributed by atoms with E-state index in [4.69, 9.17) is 4.74 Å². The van der Waals surface area contributed by atoms with Crippen LogP contribution < -0.4 is 10.6 Å². The summed E-state index contributed by atoms with van der Waals surface area (Å²) in [5, 5.41) is 7.00. The third-order valence-corrected chi connectivity index (χ3v) is 5.33. The Bertz CT molecular complexity index is 376. The van der Waals surface area contributed by atoms with Gasteiger partial charge in [0.25, 0.3) is 0 Å². The van der Waals surface area contributed by atoms with Gasteiger partial charge in [-0.2, -0.15) is 0 Å². The lowest BCUT2D eigenvalue weighted by atomic mass is 10.0. The number of aliphatic imine (C=N–C) groups is 1. The molecule has 1 saturated carbocycles. The monoisotopic (exact) mass is 480 g/mol. The molecule has 2 N–H and O–H groups in total. The van der Waals surface area contributed by atoms with Crippen molar-refractivity contribution in [2.75, 3.05) is 39.8 Å². The van der Waals surface area contributed by atoms with Gasteiger partial charge in [-0.1, -0.05) is 39.5 Å². The second-order valence-electron chi connectivity index (χ2n) is 8.10. The Morgan fingerprint density at radius 1 is 1.08 bits per heavy atom. The van der Waals surface area contributed by atoms with Crippen LogP contribution >= 0.6 is 24.0 Å². The summed E-state index contributed by atoms with van der Waals surface area (Å²) in [5.41, 5.74) is 0. The van der Waals surface area contributed by atoms with E-state index in [0.29, 0.717) is 12.1 Å². The molecule has 5 nitrogen and oxygen atoms in total. The Morgan fingerprint density at radius 2 is 1.73 bits per heavy atom. The molecule has 0 radical (unpaired) electrons. The number of piperidine rings is 1. The van der Waals surface area contributed by atoms with Gasteiger partial charge in [0.15, 0.2) is 5.96 Å². The van der Waals surface area contributed by atoms with E-state index in [1.54, 1.807) is 0 Å². The lowest BCUT2D eigenvalue weighted by Gasteiger charge is -2.34. The fraction of sp³-hybridized carbons (Fsp3) is 0.950. The topological polar surface area (TPSA) is 48.9 Å². The number of nitrogens with zero attached hydrogens (tertiary/aromatic N) is 2. The van der Waals surface area contributed by atoms with Crippen molar-refractivity contribution in [2.24, 2.45) is 10.9 Å². The Kier molecular flexibility index (Phi) is 12.9. The first-order chi connectivity index (χ1) is 12.2. The fourth-order valence-corrected chi connectivity index (χ4v) is 3.97. The van der Waals surface area contributed by atoms with E-state index in [-0.39, 0.29) is 24.0 Å². The van der Waals surface area contributed by atoms with Crippen LogP contribution in [0.5, 0.6) is 0 Å².